The fraction of sp³-hybridized carbons (Fsp3) is 0.281. The van der Waals surface area contributed by atoms with Crippen LogP contribution in [0.15, 0.2) is 78.9 Å². The molecule has 0 bridgehead atoms. The normalized spacial score (nSPS) is 15.1. The van der Waals surface area contributed by atoms with E-state index in [4.69, 9.17) is 19.4 Å². The number of nitrogens with zero attached hydrogens (tertiary/aromatic N) is 4. The molecule has 0 atom stereocenters. The molecule has 0 aliphatic carbocycles. The Labute approximate surface area is 229 Å². The second kappa shape index (κ2) is 11.3. The lowest BCUT2D eigenvalue weighted by Crippen LogP contribution is -2.41. The number of hydrogen-bond donors (Lipinski definition) is 0. The highest BCUT2D eigenvalue weighted by Gasteiger charge is 2.29. The molecule has 1 fully saturated rings. The Balaban J connectivity index is 1.26. The van der Waals surface area contributed by atoms with Gasteiger partial charge in [0.1, 0.15) is 17.4 Å². The van der Waals surface area contributed by atoms with Crippen LogP contribution >= 0.6 is 0 Å². The summed E-state index contributed by atoms with van der Waals surface area (Å²) >= 11 is 0. The van der Waals surface area contributed by atoms with Crippen molar-refractivity contribution < 1.29 is 14.3 Å². The molecule has 0 saturated carbocycles. The molecule has 0 spiro atoms. The number of rotatable bonds is 6. The van der Waals surface area contributed by atoms with Crippen LogP contribution in [-0.2, 0) is 24.1 Å². The van der Waals surface area contributed by atoms with Crippen molar-refractivity contribution in [2.24, 2.45) is 0 Å². The molecule has 0 unspecified atom stereocenters. The number of carbonyl (C=O) groups is 1. The molecular formula is C32H32N4O3. The molecule has 39 heavy (non-hydrogen) atoms. The molecule has 3 aromatic carbocycles. The van der Waals surface area contributed by atoms with Crippen LogP contribution < -0.4 is 9.64 Å². The summed E-state index contributed by atoms with van der Waals surface area (Å²) in [6.45, 7) is 4.01. The number of fused-ring (bicyclic) bond motifs is 1. The van der Waals surface area contributed by atoms with Crippen LogP contribution in [-0.4, -0.2) is 60.7 Å². The first kappa shape index (κ1) is 25.1. The van der Waals surface area contributed by atoms with Gasteiger partial charge in [-0.2, -0.15) is 0 Å². The van der Waals surface area contributed by atoms with Gasteiger partial charge in [0.15, 0.2) is 0 Å². The highest BCUT2D eigenvalue weighted by atomic mass is 16.5. The molecule has 7 heteroatoms. The monoisotopic (exact) mass is 520 g/mol. The van der Waals surface area contributed by atoms with Crippen LogP contribution in [0, 0.1) is 0 Å². The van der Waals surface area contributed by atoms with Gasteiger partial charge in [-0.05, 0) is 41.0 Å². The quantitative estimate of drug-likeness (QED) is 0.365. The molecule has 6 rings (SSSR count). The maximum atomic E-state index is 13.6. The van der Waals surface area contributed by atoms with Gasteiger partial charge in [0.25, 0.3) is 5.91 Å². The minimum absolute atomic E-state index is 0.0358. The molecule has 2 aliphatic heterocycles. The third kappa shape index (κ3) is 5.49. The van der Waals surface area contributed by atoms with Crippen molar-refractivity contribution in [2.45, 2.75) is 19.4 Å². The molecular weight excluding hydrogens is 488 g/mol. The predicted molar refractivity (Wildman–Crippen MR) is 151 cm³/mol. The van der Waals surface area contributed by atoms with Crippen LogP contribution in [0.2, 0.25) is 0 Å². The number of aromatic nitrogens is 2. The first-order chi connectivity index (χ1) is 19.2. The highest BCUT2D eigenvalue weighted by Crippen LogP contribution is 2.29. The number of anilines is 1. The van der Waals surface area contributed by atoms with Gasteiger partial charge in [-0.15, -0.1) is 0 Å². The Morgan fingerprint density at radius 3 is 2.44 bits per heavy atom. The third-order valence-corrected chi connectivity index (χ3v) is 7.42. The van der Waals surface area contributed by atoms with Crippen molar-refractivity contribution in [2.75, 3.05) is 44.9 Å². The average molecular weight is 521 g/mol. The maximum absolute atomic E-state index is 13.6. The summed E-state index contributed by atoms with van der Waals surface area (Å²) in [4.78, 5) is 27.8. The van der Waals surface area contributed by atoms with Crippen LogP contribution in [0.5, 0.6) is 5.75 Å². The second-order valence-corrected chi connectivity index (χ2v) is 9.94. The van der Waals surface area contributed by atoms with E-state index in [0.717, 1.165) is 58.4 Å². The molecule has 4 aromatic rings. The van der Waals surface area contributed by atoms with Gasteiger partial charge in [-0.1, -0.05) is 54.6 Å². The summed E-state index contributed by atoms with van der Waals surface area (Å²) in [7, 11) is 1.68. The topological polar surface area (TPSA) is 67.8 Å². The number of methoxy groups -OCH3 is 1. The van der Waals surface area contributed by atoms with Crippen LogP contribution in [0.3, 0.4) is 0 Å². The standard InChI is InChI=1S/C32H32N4O3/c1-38-27-9-5-6-23(20-27)21-30-33-29-14-15-36(22-28(29)31(34-30)35-16-18-39-19-17-35)32(37)26-12-10-25(11-13-26)24-7-3-2-4-8-24/h2-13,20H,14-19,21-22H2,1H3. The van der Waals surface area contributed by atoms with Crippen LogP contribution in [0.1, 0.15) is 33.0 Å². The molecule has 0 radical (unpaired) electrons. The fourth-order valence-corrected chi connectivity index (χ4v) is 5.32. The lowest BCUT2D eigenvalue weighted by molar-refractivity contribution is 0.0733. The van der Waals surface area contributed by atoms with Crippen LogP contribution in [0.25, 0.3) is 11.1 Å². The van der Waals surface area contributed by atoms with Gasteiger partial charge >= 0.3 is 0 Å². The highest BCUT2D eigenvalue weighted by molar-refractivity contribution is 5.95. The van der Waals surface area contributed by atoms with E-state index in [2.05, 4.69) is 23.1 Å². The first-order valence-electron chi connectivity index (χ1n) is 13.5. The van der Waals surface area contributed by atoms with Crippen molar-refractivity contribution in [3.63, 3.8) is 0 Å². The largest absolute Gasteiger partial charge is 0.497 e. The average Bonchev–Trinajstić information content (AvgIpc) is 3.01. The first-order valence-corrected chi connectivity index (χ1v) is 13.5. The zero-order valence-electron chi connectivity index (χ0n) is 22.2. The number of benzene rings is 3. The Morgan fingerprint density at radius 2 is 1.67 bits per heavy atom. The Hall–Kier alpha value is -4.23. The minimum Gasteiger partial charge on any atom is -0.497 e. The summed E-state index contributed by atoms with van der Waals surface area (Å²) in [6.07, 6.45) is 1.33. The summed E-state index contributed by atoms with van der Waals surface area (Å²) in [5.74, 6) is 2.58. The lowest BCUT2D eigenvalue weighted by Gasteiger charge is -2.34. The SMILES string of the molecule is COc1cccc(Cc2nc3c(c(N4CCOCC4)n2)CN(C(=O)c2ccc(-c4ccccc4)cc2)CC3)c1. The van der Waals surface area contributed by atoms with Gasteiger partial charge in [0, 0.05) is 43.6 Å². The van der Waals surface area contributed by atoms with Crippen molar-refractivity contribution in [1.82, 2.24) is 14.9 Å². The molecule has 3 heterocycles. The zero-order chi connectivity index (χ0) is 26.6. The molecule has 198 valence electrons. The van der Waals surface area contributed by atoms with Gasteiger partial charge in [-0.3, -0.25) is 4.79 Å². The Bertz CT molecular complexity index is 1450. The van der Waals surface area contributed by atoms with E-state index in [1.165, 1.54) is 0 Å². The van der Waals surface area contributed by atoms with E-state index < -0.39 is 0 Å². The van der Waals surface area contributed by atoms with E-state index in [1.54, 1.807) is 7.11 Å². The van der Waals surface area contributed by atoms with E-state index >= 15 is 0 Å². The van der Waals surface area contributed by atoms with Gasteiger partial charge < -0.3 is 19.3 Å². The molecule has 1 amide bonds. The summed E-state index contributed by atoms with van der Waals surface area (Å²) in [5.41, 5.74) is 6.12. The zero-order valence-corrected chi connectivity index (χ0v) is 22.2. The number of morpholine rings is 1. The maximum Gasteiger partial charge on any atom is 0.254 e. The second-order valence-electron chi connectivity index (χ2n) is 9.94. The van der Waals surface area contributed by atoms with Gasteiger partial charge in [0.2, 0.25) is 0 Å². The van der Waals surface area contributed by atoms with Gasteiger partial charge in [-0.25, -0.2) is 9.97 Å². The molecule has 2 aliphatic rings. The molecule has 1 saturated heterocycles. The van der Waals surface area contributed by atoms with Crippen molar-refractivity contribution in [1.29, 1.82) is 0 Å². The van der Waals surface area contributed by atoms with E-state index in [-0.39, 0.29) is 5.91 Å². The molecule has 7 nitrogen and oxygen atoms in total. The summed E-state index contributed by atoms with van der Waals surface area (Å²) < 4.78 is 11.0. The third-order valence-electron chi connectivity index (χ3n) is 7.42. The van der Waals surface area contributed by atoms with E-state index in [9.17, 15) is 4.79 Å². The van der Waals surface area contributed by atoms with Crippen molar-refractivity contribution >= 4 is 11.7 Å². The number of carbonyl (C=O) groups excluding carboxylic acids is 1. The summed E-state index contributed by atoms with van der Waals surface area (Å²) in [6, 6.07) is 26.1. The number of ether oxygens (including phenoxy) is 2. The Morgan fingerprint density at radius 1 is 0.897 bits per heavy atom. The van der Waals surface area contributed by atoms with Crippen molar-refractivity contribution in [3.05, 3.63) is 107 Å². The fourth-order valence-electron chi connectivity index (χ4n) is 5.32. The Kier molecular flexibility index (Phi) is 7.23. The van der Waals surface area contributed by atoms with Crippen LogP contribution in [0.4, 0.5) is 5.82 Å². The van der Waals surface area contributed by atoms with E-state index in [1.807, 2.05) is 65.6 Å². The lowest BCUT2D eigenvalue weighted by atomic mass is 10.0. The molecule has 0 N–H and O–H groups in total. The number of hydrogen-bond acceptors (Lipinski definition) is 6. The minimum atomic E-state index is 0.0358. The van der Waals surface area contributed by atoms with Crippen molar-refractivity contribution in [3.8, 4) is 16.9 Å². The predicted octanol–water partition coefficient (Wildman–Crippen LogP) is 4.78. The smallest absolute Gasteiger partial charge is 0.254 e. The summed E-state index contributed by atoms with van der Waals surface area (Å²) in [5, 5.41) is 0. The van der Waals surface area contributed by atoms with E-state index in [0.29, 0.717) is 44.7 Å². The molecule has 1 aromatic heterocycles. The van der Waals surface area contributed by atoms with Gasteiger partial charge in [0.05, 0.1) is 32.6 Å². The number of amides is 1.